The average molecular weight is 507 g/mol. The van der Waals surface area contributed by atoms with Gasteiger partial charge >= 0.3 is 0 Å². The molecule has 0 aromatic heterocycles. The number of amides is 1. The molecular weight excluding hydrogens is 476 g/mol. The third kappa shape index (κ3) is 8.59. The summed E-state index contributed by atoms with van der Waals surface area (Å²) in [7, 11) is 1.73. The number of hydrogen-bond donors (Lipinski definition) is 2. The summed E-state index contributed by atoms with van der Waals surface area (Å²) in [6, 6.07) is 5.99. The van der Waals surface area contributed by atoms with E-state index in [1.54, 1.807) is 26.1 Å². The normalized spacial score (nSPS) is 16.1. The summed E-state index contributed by atoms with van der Waals surface area (Å²) < 4.78 is 18.7. The fourth-order valence-corrected chi connectivity index (χ4v) is 2.87. The number of rotatable bonds is 7. The van der Waals surface area contributed by atoms with E-state index >= 15 is 0 Å². The van der Waals surface area contributed by atoms with Gasteiger partial charge in [0.05, 0.1) is 6.54 Å². The lowest BCUT2D eigenvalue weighted by molar-refractivity contribution is -0.130. The topological polar surface area (TPSA) is 69.2 Å². The van der Waals surface area contributed by atoms with Gasteiger partial charge in [-0.25, -0.2) is 4.39 Å². The van der Waals surface area contributed by atoms with Crippen molar-refractivity contribution in [1.82, 2.24) is 20.4 Å². The second-order valence-corrected chi connectivity index (χ2v) is 6.61. The highest BCUT2D eigenvalue weighted by Crippen LogP contribution is 2.12. The summed E-state index contributed by atoms with van der Waals surface area (Å²) in [5.74, 6) is 1.22. The number of carbonyl (C=O) groups excluding carboxylic acids is 1. The third-order valence-electron chi connectivity index (χ3n) is 4.47. The van der Waals surface area contributed by atoms with E-state index in [4.69, 9.17) is 4.74 Å². The molecule has 0 bridgehead atoms. The molecule has 2 rings (SSSR count). The lowest BCUT2D eigenvalue weighted by atomic mass is 10.3. The standard InChI is InChI=1S/C19H30FN5O2.HI/c1-15(27-18-6-4-17(20)5-7-18)14-23-19(21-3)22-8-9-24-10-12-25(13-11-24)16(2)26;/h4-7,15H,8-14H2,1-3H3,(H2,21,22,23);1H. The molecule has 7 nitrogen and oxygen atoms in total. The molecule has 9 heteroatoms. The van der Waals surface area contributed by atoms with Crippen LogP contribution in [0.1, 0.15) is 13.8 Å². The number of piperazine rings is 1. The number of benzene rings is 1. The molecule has 0 saturated carbocycles. The number of nitrogens with zero attached hydrogens (tertiary/aromatic N) is 3. The maximum Gasteiger partial charge on any atom is 0.219 e. The monoisotopic (exact) mass is 507 g/mol. The Morgan fingerprint density at radius 2 is 1.86 bits per heavy atom. The summed E-state index contributed by atoms with van der Waals surface area (Å²) in [5, 5.41) is 6.52. The van der Waals surface area contributed by atoms with Crippen LogP contribution in [0.5, 0.6) is 5.75 Å². The van der Waals surface area contributed by atoms with E-state index < -0.39 is 0 Å². The molecule has 1 unspecified atom stereocenters. The van der Waals surface area contributed by atoms with E-state index in [9.17, 15) is 9.18 Å². The van der Waals surface area contributed by atoms with Crippen molar-refractivity contribution in [1.29, 1.82) is 0 Å². The van der Waals surface area contributed by atoms with E-state index in [1.165, 1.54) is 12.1 Å². The van der Waals surface area contributed by atoms with Crippen molar-refractivity contribution in [3.8, 4) is 5.75 Å². The van der Waals surface area contributed by atoms with Gasteiger partial charge in [0, 0.05) is 53.2 Å². The number of aliphatic imine (C=N–C) groups is 1. The van der Waals surface area contributed by atoms with E-state index in [-0.39, 0.29) is 41.8 Å². The molecule has 0 spiro atoms. The first-order valence-corrected chi connectivity index (χ1v) is 9.32. The van der Waals surface area contributed by atoms with Gasteiger partial charge in [0.2, 0.25) is 5.91 Å². The minimum absolute atomic E-state index is 0. The Bertz CT molecular complexity index is 621. The first-order valence-electron chi connectivity index (χ1n) is 9.32. The second-order valence-electron chi connectivity index (χ2n) is 6.61. The maximum atomic E-state index is 12.9. The molecule has 1 aliphatic heterocycles. The summed E-state index contributed by atoms with van der Waals surface area (Å²) in [6.45, 7) is 9.19. The number of guanidine groups is 1. The van der Waals surface area contributed by atoms with Gasteiger partial charge in [-0.05, 0) is 31.2 Å². The molecule has 1 aromatic carbocycles. The van der Waals surface area contributed by atoms with Crippen LogP contribution < -0.4 is 15.4 Å². The predicted molar refractivity (Wildman–Crippen MR) is 120 cm³/mol. The van der Waals surface area contributed by atoms with Crippen molar-refractivity contribution < 1.29 is 13.9 Å². The zero-order valence-electron chi connectivity index (χ0n) is 16.8. The SMILES string of the molecule is CN=C(NCCN1CCN(C(C)=O)CC1)NCC(C)Oc1ccc(F)cc1.I. The Balaban J connectivity index is 0.00000392. The van der Waals surface area contributed by atoms with Gasteiger partial charge in [0.15, 0.2) is 5.96 Å². The van der Waals surface area contributed by atoms with Crippen molar-refractivity contribution in [3.63, 3.8) is 0 Å². The van der Waals surface area contributed by atoms with E-state index in [1.807, 2.05) is 11.8 Å². The Kier molecular flexibility index (Phi) is 11.1. The molecule has 28 heavy (non-hydrogen) atoms. The first-order chi connectivity index (χ1) is 13.0. The van der Waals surface area contributed by atoms with Crippen LogP contribution in [0.2, 0.25) is 0 Å². The number of nitrogens with one attached hydrogen (secondary N) is 2. The van der Waals surface area contributed by atoms with Gasteiger partial charge in [0.1, 0.15) is 17.7 Å². The van der Waals surface area contributed by atoms with Crippen LogP contribution in [0.4, 0.5) is 4.39 Å². The highest BCUT2D eigenvalue weighted by atomic mass is 127. The molecule has 1 heterocycles. The van der Waals surface area contributed by atoms with E-state index in [2.05, 4.69) is 20.5 Å². The van der Waals surface area contributed by atoms with Crippen molar-refractivity contribution in [2.45, 2.75) is 20.0 Å². The molecule has 1 amide bonds. The fourth-order valence-electron chi connectivity index (χ4n) is 2.87. The Hall–Kier alpha value is -1.62. The fraction of sp³-hybridized carbons (Fsp3) is 0.579. The minimum Gasteiger partial charge on any atom is -0.489 e. The zero-order chi connectivity index (χ0) is 19.6. The lowest BCUT2D eigenvalue weighted by Crippen LogP contribution is -2.50. The first kappa shape index (κ1) is 24.4. The van der Waals surface area contributed by atoms with E-state index in [0.717, 1.165) is 39.3 Å². The smallest absolute Gasteiger partial charge is 0.219 e. The molecule has 0 radical (unpaired) electrons. The van der Waals surface area contributed by atoms with Crippen LogP contribution in [0.15, 0.2) is 29.3 Å². The molecule has 1 aliphatic rings. The second kappa shape index (κ2) is 12.8. The van der Waals surface area contributed by atoms with Crippen LogP contribution in [0.25, 0.3) is 0 Å². The highest BCUT2D eigenvalue weighted by molar-refractivity contribution is 14.0. The van der Waals surface area contributed by atoms with Crippen LogP contribution >= 0.6 is 24.0 Å². The zero-order valence-corrected chi connectivity index (χ0v) is 19.1. The van der Waals surface area contributed by atoms with Gasteiger partial charge in [0.25, 0.3) is 0 Å². The minimum atomic E-state index is -0.277. The lowest BCUT2D eigenvalue weighted by Gasteiger charge is -2.34. The van der Waals surface area contributed by atoms with E-state index in [0.29, 0.717) is 18.3 Å². The van der Waals surface area contributed by atoms with Crippen LogP contribution in [0, 0.1) is 5.82 Å². The molecule has 1 aromatic rings. The molecule has 2 N–H and O–H groups in total. The van der Waals surface area contributed by atoms with Crippen molar-refractivity contribution in [3.05, 3.63) is 30.1 Å². The highest BCUT2D eigenvalue weighted by Gasteiger charge is 2.18. The predicted octanol–water partition coefficient (Wildman–Crippen LogP) is 1.54. The Morgan fingerprint density at radius 3 is 2.43 bits per heavy atom. The van der Waals surface area contributed by atoms with Gasteiger partial charge in [-0.2, -0.15) is 0 Å². The van der Waals surface area contributed by atoms with Gasteiger partial charge < -0.3 is 20.3 Å². The quantitative estimate of drug-likeness (QED) is 0.333. The van der Waals surface area contributed by atoms with Crippen LogP contribution in [-0.2, 0) is 4.79 Å². The molecule has 1 saturated heterocycles. The van der Waals surface area contributed by atoms with Crippen molar-refractivity contribution >= 4 is 35.8 Å². The summed E-state index contributed by atoms with van der Waals surface area (Å²) in [5.41, 5.74) is 0. The Labute approximate surface area is 183 Å². The molecule has 1 atom stereocenters. The summed E-state index contributed by atoms with van der Waals surface area (Å²) >= 11 is 0. The number of ether oxygens (including phenoxy) is 1. The molecule has 0 aliphatic carbocycles. The molecule has 158 valence electrons. The summed E-state index contributed by atoms with van der Waals surface area (Å²) in [6.07, 6.45) is -0.0892. The van der Waals surface area contributed by atoms with Gasteiger partial charge in [-0.15, -0.1) is 24.0 Å². The van der Waals surface area contributed by atoms with Crippen molar-refractivity contribution in [2.24, 2.45) is 4.99 Å². The van der Waals surface area contributed by atoms with Gasteiger partial charge in [-0.1, -0.05) is 0 Å². The number of hydrogen-bond acceptors (Lipinski definition) is 4. The molecule has 1 fully saturated rings. The van der Waals surface area contributed by atoms with Crippen LogP contribution in [-0.4, -0.2) is 80.6 Å². The molecular formula is C19H31FIN5O2. The largest absolute Gasteiger partial charge is 0.489 e. The van der Waals surface area contributed by atoms with Crippen molar-refractivity contribution in [2.75, 3.05) is 52.9 Å². The maximum absolute atomic E-state index is 12.9. The number of carbonyl (C=O) groups is 1. The Morgan fingerprint density at radius 1 is 1.21 bits per heavy atom. The third-order valence-corrected chi connectivity index (χ3v) is 4.47. The number of halogens is 2. The van der Waals surface area contributed by atoms with Crippen LogP contribution in [0.3, 0.4) is 0 Å². The van der Waals surface area contributed by atoms with Gasteiger partial charge in [-0.3, -0.25) is 14.7 Å². The summed E-state index contributed by atoms with van der Waals surface area (Å²) in [4.78, 5) is 19.8. The average Bonchev–Trinajstić information content (AvgIpc) is 2.66.